The molecule has 0 radical (unpaired) electrons. The normalized spacial score (nSPS) is 15.3. The highest BCUT2D eigenvalue weighted by molar-refractivity contribution is 7.54. The number of aromatic nitrogens is 1. The summed E-state index contributed by atoms with van der Waals surface area (Å²) in [4.78, 5) is 32.3. The third-order valence-electron chi connectivity index (χ3n) is 3.03. The minimum absolute atomic E-state index is 0.448. The lowest BCUT2D eigenvalue weighted by Crippen LogP contribution is -2.49. The second kappa shape index (κ2) is 4.47. The number of carboxylic acid groups (broad SMARTS) is 1. The van der Waals surface area contributed by atoms with E-state index in [-0.39, 0.29) is 0 Å². The number of para-hydroxylation sites is 1. The number of aromatic amines is 1. The van der Waals surface area contributed by atoms with Crippen LogP contribution >= 0.6 is 7.60 Å². The molecular formula is C11H13N2O5P. The van der Waals surface area contributed by atoms with Crippen molar-refractivity contribution in [2.45, 2.75) is 11.7 Å². The second-order valence-electron chi connectivity index (χ2n) is 4.31. The second-order valence-corrected chi connectivity index (χ2v) is 6.20. The van der Waals surface area contributed by atoms with Crippen molar-refractivity contribution in [2.75, 3.05) is 0 Å². The standard InChI is InChI=1S/C11H13N2O5P/c12-11(10(14)15,19(16,17)18)5-7-6-13-9-4-2-1-3-8(7)9/h1-4,6,13H,5,12H2,(H,14,15)(H2,16,17,18)/t11-/m1/s1. The van der Waals surface area contributed by atoms with Gasteiger partial charge in [0, 0.05) is 23.5 Å². The van der Waals surface area contributed by atoms with E-state index in [1.165, 1.54) is 6.20 Å². The van der Waals surface area contributed by atoms with Crippen LogP contribution in [0.5, 0.6) is 0 Å². The van der Waals surface area contributed by atoms with Gasteiger partial charge in [-0.15, -0.1) is 0 Å². The number of hydrogen-bond donors (Lipinski definition) is 5. The van der Waals surface area contributed by atoms with Gasteiger partial charge in [0.25, 0.3) is 0 Å². The molecule has 6 N–H and O–H groups in total. The number of carbonyl (C=O) groups is 1. The molecule has 0 saturated carbocycles. The van der Waals surface area contributed by atoms with Crippen LogP contribution in [0.15, 0.2) is 30.5 Å². The molecule has 0 amide bonds. The molecule has 0 bridgehead atoms. The van der Waals surface area contributed by atoms with Gasteiger partial charge in [0.15, 0.2) is 0 Å². The highest BCUT2D eigenvalue weighted by atomic mass is 31.2. The largest absolute Gasteiger partial charge is 0.479 e. The van der Waals surface area contributed by atoms with Gasteiger partial charge in [0.1, 0.15) is 0 Å². The lowest BCUT2D eigenvalue weighted by molar-refractivity contribution is -0.140. The van der Waals surface area contributed by atoms with Crippen LogP contribution < -0.4 is 5.73 Å². The molecule has 1 heterocycles. The van der Waals surface area contributed by atoms with Gasteiger partial charge in [-0.05, 0) is 11.6 Å². The number of hydrogen-bond acceptors (Lipinski definition) is 3. The average molecular weight is 284 g/mol. The van der Waals surface area contributed by atoms with E-state index in [4.69, 9.17) is 10.8 Å². The molecule has 0 fully saturated rings. The highest BCUT2D eigenvalue weighted by Crippen LogP contribution is 2.49. The van der Waals surface area contributed by atoms with E-state index >= 15 is 0 Å². The molecule has 1 aromatic carbocycles. The molecule has 0 aliphatic rings. The monoisotopic (exact) mass is 284 g/mol. The highest BCUT2D eigenvalue weighted by Gasteiger charge is 2.51. The molecule has 0 spiro atoms. The summed E-state index contributed by atoms with van der Waals surface area (Å²) in [6.45, 7) is 0. The molecule has 0 unspecified atom stereocenters. The fourth-order valence-corrected chi connectivity index (χ4v) is 2.50. The van der Waals surface area contributed by atoms with E-state index < -0.39 is 25.3 Å². The molecule has 0 aliphatic heterocycles. The van der Waals surface area contributed by atoms with E-state index in [2.05, 4.69) is 4.98 Å². The lowest BCUT2D eigenvalue weighted by Gasteiger charge is -2.25. The van der Waals surface area contributed by atoms with Gasteiger partial charge >= 0.3 is 13.6 Å². The van der Waals surface area contributed by atoms with E-state index in [1.807, 2.05) is 0 Å². The Morgan fingerprint density at radius 3 is 2.58 bits per heavy atom. The molecular weight excluding hydrogens is 271 g/mol. The number of rotatable bonds is 4. The maximum absolute atomic E-state index is 11.3. The van der Waals surface area contributed by atoms with Crippen LogP contribution in [0.25, 0.3) is 10.9 Å². The molecule has 1 aromatic heterocycles. The first-order valence-electron chi connectivity index (χ1n) is 5.38. The Hall–Kier alpha value is -1.66. The van der Waals surface area contributed by atoms with Crippen LogP contribution in [-0.2, 0) is 15.8 Å². The summed E-state index contributed by atoms with van der Waals surface area (Å²) in [6.07, 6.45) is 1.04. The maximum atomic E-state index is 11.3. The molecule has 8 heteroatoms. The molecule has 1 atom stereocenters. The molecule has 0 saturated heterocycles. The van der Waals surface area contributed by atoms with Crippen LogP contribution in [0.4, 0.5) is 0 Å². The van der Waals surface area contributed by atoms with Gasteiger partial charge in [0.2, 0.25) is 5.28 Å². The number of carboxylic acids is 1. The number of H-pyrrole nitrogens is 1. The van der Waals surface area contributed by atoms with Crippen molar-refractivity contribution in [3.63, 3.8) is 0 Å². The van der Waals surface area contributed by atoms with Crippen LogP contribution in [0.1, 0.15) is 5.56 Å². The predicted molar refractivity (Wildman–Crippen MR) is 68.6 cm³/mol. The Morgan fingerprint density at radius 2 is 2.00 bits per heavy atom. The summed E-state index contributed by atoms with van der Waals surface area (Å²) in [5.41, 5.74) is 6.62. The van der Waals surface area contributed by atoms with Crippen LogP contribution in [0.2, 0.25) is 0 Å². The van der Waals surface area contributed by atoms with Gasteiger partial charge in [0.05, 0.1) is 0 Å². The number of aliphatic carboxylic acids is 1. The smallest absolute Gasteiger partial charge is 0.357 e. The lowest BCUT2D eigenvalue weighted by atomic mass is 10.1. The van der Waals surface area contributed by atoms with Gasteiger partial charge in [-0.2, -0.15) is 0 Å². The zero-order valence-electron chi connectivity index (χ0n) is 9.78. The van der Waals surface area contributed by atoms with E-state index in [0.29, 0.717) is 10.9 Å². The fraction of sp³-hybridized carbons (Fsp3) is 0.182. The third kappa shape index (κ3) is 2.29. The van der Waals surface area contributed by atoms with Crippen molar-refractivity contribution in [3.05, 3.63) is 36.0 Å². The molecule has 2 aromatic rings. The molecule has 2 rings (SSSR count). The van der Waals surface area contributed by atoms with Crippen molar-refractivity contribution in [1.82, 2.24) is 4.98 Å². The summed E-state index contributed by atoms with van der Waals surface area (Å²) < 4.78 is 11.3. The van der Waals surface area contributed by atoms with E-state index in [9.17, 15) is 19.1 Å². The SMILES string of the molecule is N[C@@](Cc1c[nH]c2ccccc12)(C(=O)O)P(=O)(O)O. The Balaban J connectivity index is 2.49. The Kier molecular flexibility index (Phi) is 3.24. The predicted octanol–water partition coefficient (Wildman–Crippen LogP) is 0.628. The zero-order valence-corrected chi connectivity index (χ0v) is 10.7. The van der Waals surface area contributed by atoms with Crippen LogP contribution in [-0.4, -0.2) is 31.1 Å². The summed E-state index contributed by atoms with van der Waals surface area (Å²) in [6, 6.07) is 7.03. The van der Waals surface area contributed by atoms with Crippen molar-refractivity contribution >= 4 is 24.5 Å². The van der Waals surface area contributed by atoms with Crippen molar-refractivity contribution in [3.8, 4) is 0 Å². The van der Waals surface area contributed by atoms with Gasteiger partial charge < -0.3 is 25.6 Å². The van der Waals surface area contributed by atoms with Crippen molar-refractivity contribution in [1.29, 1.82) is 0 Å². The van der Waals surface area contributed by atoms with Crippen LogP contribution in [0, 0.1) is 0 Å². The first kappa shape index (κ1) is 13.8. The zero-order chi connectivity index (χ0) is 14.3. The number of benzene rings is 1. The molecule has 7 nitrogen and oxygen atoms in total. The first-order chi connectivity index (χ1) is 8.75. The van der Waals surface area contributed by atoms with Gasteiger partial charge in [-0.25, -0.2) is 4.79 Å². The van der Waals surface area contributed by atoms with Gasteiger partial charge in [-0.1, -0.05) is 18.2 Å². The summed E-state index contributed by atoms with van der Waals surface area (Å²) >= 11 is 0. The molecule has 19 heavy (non-hydrogen) atoms. The average Bonchev–Trinajstić information content (AvgIpc) is 2.71. The number of nitrogens with two attached hydrogens (primary N) is 1. The number of fused-ring (bicyclic) bond motifs is 1. The maximum Gasteiger partial charge on any atom is 0.357 e. The quantitative estimate of drug-likeness (QED) is 0.522. The minimum atomic E-state index is -5.00. The van der Waals surface area contributed by atoms with Gasteiger partial charge in [-0.3, -0.25) is 4.57 Å². The van der Waals surface area contributed by atoms with Crippen molar-refractivity contribution in [2.24, 2.45) is 5.73 Å². The summed E-state index contributed by atoms with van der Waals surface area (Å²) in [5, 5.41) is 7.07. The third-order valence-corrected chi connectivity index (χ3v) is 4.41. The Bertz CT molecular complexity index is 677. The summed E-state index contributed by atoms with van der Waals surface area (Å²) in [5.74, 6) is -1.73. The first-order valence-corrected chi connectivity index (χ1v) is 7.00. The summed E-state index contributed by atoms with van der Waals surface area (Å²) in [7, 11) is -5.00. The molecule has 102 valence electrons. The van der Waals surface area contributed by atoms with E-state index in [0.717, 1.165) is 5.52 Å². The topological polar surface area (TPSA) is 137 Å². The fourth-order valence-electron chi connectivity index (χ4n) is 1.87. The van der Waals surface area contributed by atoms with E-state index in [1.54, 1.807) is 24.3 Å². The minimum Gasteiger partial charge on any atom is -0.479 e. The van der Waals surface area contributed by atoms with Crippen molar-refractivity contribution < 1.29 is 24.3 Å². The Labute approximate surface area is 108 Å². The Morgan fingerprint density at radius 1 is 1.37 bits per heavy atom. The molecule has 0 aliphatic carbocycles. The van der Waals surface area contributed by atoms with Crippen LogP contribution in [0.3, 0.4) is 0 Å². The number of nitrogens with one attached hydrogen (secondary N) is 1.